The van der Waals surface area contributed by atoms with Crippen molar-refractivity contribution in [3.05, 3.63) is 0 Å². The number of nitrogens with two attached hydrogens (primary N) is 1. The lowest BCUT2D eigenvalue weighted by Crippen LogP contribution is -2.74. The molecule has 0 aromatic heterocycles. The van der Waals surface area contributed by atoms with E-state index in [1.807, 2.05) is 12.1 Å². The topological polar surface area (TPSA) is 214 Å². The van der Waals surface area contributed by atoms with Crippen LogP contribution in [0.2, 0.25) is 0 Å². The zero-order valence-corrected chi connectivity index (χ0v) is 33.6. The van der Waals surface area contributed by atoms with E-state index in [0.29, 0.717) is 25.3 Å². The van der Waals surface area contributed by atoms with E-state index in [0.717, 1.165) is 104 Å². The molecule has 8 aliphatic rings. The summed E-state index contributed by atoms with van der Waals surface area (Å²) in [5.41, 5.74) is 9.06. The Morgan fingerprint density at radius 1 is 0.807 bits per heavy atom. The second kappa shape index (κ2) is 17.8. The Kier molecular flexibility index (Phi) is 12.7. The van der Waals surface area contributed by atoms with Gasteiger partial charge in [-0.1, -0.05) is 0 Å². The number of rotatable bonds is 10. The van der Waals surface area contributed by atoms with Gasteiger partial charge in [0.1, 0.15) is 17.6 Å². The summed E-state index contributed by atoms with van der Waals surface area (Å²) in [6.07, 6.45) is 8.43. The van der Waals surface area contributed by atoms with Gasteiger partial charge in [0.2, 0.25) is 23.6 Å². The summed E-state index contributed by atoms with van der Waals surface area (Å²) < 4.78 is 0. The molecular weight excluding hydrogens is 731 g/mol. The van der Waals surface area contributed by atoms with Crippen molar-refractivity contribution in [3.8, 4) is 0 Å². The third kappa shape index (κ3) is 9.15. The summed E-state index contributed by atoms with van der Waals surface area (Å²) in [5.74, 6) is -2.66. The number of piperazine rings is 1. The maximum atomic E-state index is 13.5. The molecule has 8 N–H and O–H groups in total. The van der Waals surface area contributed by atoms with Crippen LogP contribution in [0.1, 0.15) is 70.6 Å². The molecule has 0 aromatic carbocycles. The highest BCUT2D eigenvalue weighted by Gasteiger charge is 2.56. The first-order chi connectivity index (χ1) is 27.5. The average Bonchev–Trinajstić information content (AvgIpc) is 3.73. The number of primary amides is 1. The first-order valence-corrected chi connectivity index (χ1v) is 21.9. The third-order valence-electron chi connectivity index (χ3n) is 14.8. The molecule has 6 aliphatic heterocycles. The Morgan fingerprint density at radius 2 is 1.58 bits per heavy atom. The van der Waals surface area contributed by atoms with E-state index < -0.39 is 23.8 Å². The standard InChI is InChI=1S/C40H65N11O6/c1-48-21-26(18-43-48)44-38-34(37(41)55)42-19-31(46-38)51-12-2-3-25(22-51)45-39(56)24-10-13-49(14-11-24)20-23-8-15-50(16-9-23)27-4-5-28-30(17-27)36(54)33(35(28)53)29-6-7-32(52)47-40(29)57/h23-31,33-34,38,42-44,46H,2-22H2,1H3,(H2,41,55)(H,45,56)(H,47,52,57)/t25-,26?,27?,28?,29-,30?,31?,33?,34?,38?/m1/s1. The lowest BCUT2D eigenvalue weighted by atomic mass is 9.77. The van der Waals surface area contributed by atoms with Gasteiger partial charge in [0.15, 0.2) is 0 Å². The van der Waals surface area contributed by atoms with Gasteiger partial charge in [0, 0.05) is 82.1 Å². The van der Waals surface area contributed by atoms with Gasteiger partial charge in [-0.05, 0) is 103 Å². The van der Waals surface area contributed by atoms with Crippen LogP contribution in [0.5, 0.6) is 0 Å². The minimum atomic E-state index is -0.884. The number of piperidine rings is 4. The molecule has 8 unspecified atom stereocenters. The lowest BCUT2D eigenvalue weighted by Gasteiger charge is -2.45. The molecule has 6 heterocycles. The smallest absolute Gasteiger partial charge is 0.237 e. The fourth-order valence-electron chi connectivity index (χ4n) is 11.6. The van der Waals surface area contributed by atoms with E-state index in [4.69, 9.17) is 5.73 Å². The fourth-order valence-corrected chi connectivity index (χ4v) is 11.6. The molecule has 316 valence electrons. The zero-order valence-electron chi connectivity index (χ0n) is 33.6. The van der Waals surface area contributed by atoms with E-state index >= 15 is 0 Å². The van der Waals surface area contributed by atoms with Gasteiger partial charge >= 0.3 is 0 Å². The Morgan fingerprint density at radius 3 is 2.30 bits per heavy atom. The van der Waals surface area contributed by atoms with E-state index in [2.05, 4.69) is 46.7 Å². The molecule has 10 atom stereocenters. The van der Waals surface area contributed by atoms with Crippen LogP contribution >= 0.6 is 0 Å². The number of carbonyl (C=O) groups excluding carboxylic acids is 6. The van der Waals surface area contributed by atoms with Gasteiger partial charge in [-0.25, -0.2) is 5.01 Å². The molecule has 2 saturated carbocycles. The Balaban J connectivity index is 0.742. The van der Waals surface area contributed by atoms with Crippen LogP contribution in [-0.4, -0.2) is 164 Å². The summed E-state index contributed by atoms with van der Waals surface area (Å²) in [5, 5.41) is 18.4. The molecule has 8 fully saturated rings. The maximum absolute atomic E-state index is 13.5. The molecule has 57 heavy (non-hydrogen) atoms. The number of hydrazine groups is 1. The number of nitrogens with one attached hydrogen (secondary N) is 6. The molecule has 6 saturated heterocycles. The first kappa shape index (κ1) is 40.9. The fraction of sp³-hybridized carbons (Fsp3) is 0.850. The average molecular weight is 796 g/mol. The molecule has 17 heteroatoms. The third-order valence-corrected chi connectivity index (χ3v) is 14.8. The van der Waals surface area contributed by atoms with Crippen LogP contribution in [0.4, 0.5) is 0 Å². The lowest BCUT2D eigenvalue weighted by molar-refractivity contribution is -0.144. The van der Waals surface area contributed by atoms with Crippen molar-refractivity contribution in [2.45, 2.75) is 107 Å². The van der Waals surface area contributed by atoms with Gasteiger partial charge in [-0.2, -0.15) is 0 Å². The second-order valence-corrected chi connectivity index (χ2v) is 18.5. The summed E-state index contributed by atoms with van der Waals surface area (Å²) in [6, 6.07) is 0.0809. The minimum absolute atomic E-state index is 0.0248. The molecular formula is C40H65N11O6. The van der Waals surface area contributed by atoms with E-state index in [1.165, 1.54) is 0 Å². The highest BCUT2D eigenvalue weighted by molar-refractivity contribution is 6.15. The van der Waals surface area contributed by atoms with Gasteiger partial charge in [0.25, 0.3) is 0 Å². The van der Waals surface area contributed by atoms with Crippen LogP contribution < -0.4 is 37.7 Å². The number of carbonyl (C=O) groups is 6. The molecule has 0 spiro atoms. The van der Waals surface area contributed by atoms with Crippen molar-refractivity contribution in [1.82, 2.24) is 51.7 Å². The highest BCUT2D eigenvalue weighted by atomic mass is 16.2. The molecule has 0 aromatic rings. The van der Waals surface area contributed by atoms with Crippen LogP contribution in [0, 0.1) is 35.5 Å². The Bertz CT molecular complexity index is 1530. The number of hydrogen-bond donors (Lipinski definition) is 7. The number of amides is 4. The first-order valence-electron chi connectivity index (χ1n) is 21.9. The predicted molar refractivity (Wildman–Crippen MR) is 209 cm³/mol. The number of nitrogens with zero attached hydrogens (tertiary/aromatic N) is 4. The predicted octanol–water partition coefficient (Wildman–Crippen LogP) is -2.30. The largest absolute Gasteiger partial charge is 0.368 e. The summed E-state index contributed by atoms with van der Waals surface area (Å²) in [4.78, 5) is 84.3. The summed E-state index contributed by atoms with van der Waals surface area (Å²) in [7, 11) is 2.00. The SMILES string of the molecule is CN1CC(NC2NC(N3CCC[C@@H](NC(=O)C4CCN(CC5CCN(C6CCC7C(=O)C([C@H]8CCC(=O)NC8=O)C(=O)C7C6)CC5)CC4)C3)CNC2C(N)=O)CN1. The van der Waals surface area contributed by atoms with Crippen molar-refractivity contribution in [3.63, 3.8) is 0 Å². The van der Waals surface area contributed by atoms with Crippen molar-refractivity contribution in [2.24, 2.45) is 41.2 Å². The number of Topliss-reactive ketones (excluding diaryl/α,β-unsaturated/α-hetero) is 2. The van der Waals surface area contributed by atoms with Gasteiger partial charge in [-0.3, -0.25) is 55.0 Å². The van der Waals surface area contributed by atoms with Crippen LogP contribution in [0.25, 0.3) is 0 Å². The van der Waals surface area contributed by atoms with Crippen molar-refractivity contribution >= 4 is 35.2 Å². The number of imide groups is 1. The molecule has 4 amide bonds. The Hall–Kier alpha value is -2.90. The van der Waals surface area contributed by atoms with Gasteiger partial charge in [0.05, 0.1) is 24.2 Å². The minimum Gasteiger partial charge on any atom is -0.368 e. The molecule has 0 radical (unpaired) electrons. The van der Waals surface area contributed by atoms with Crippen LogP contribution in [0.15, 0.2) is 0 Å². The van der Waals surface area contributed by atoms with E-state index in [9.17, 15) is 28.8 Å². The summed E-state index contributed by atoms with van der Waals surface area (Å²) >= 11 is 0. The number of likely N-dealkylation sites (N-methyl/N-ethyl adjacent to an activating group) is 1. The van der Waals surface area contributed by atoms with Gasteiger partial charge in [-0.15, -0.1) is 0 Å². The van der Waals surface area contributed by atoms with Gasteiger partial charge < -0.3 is 26.2 Å². The molecule has 2 aliphatic carbocycles. The quantitative estimate of drug-likeness (QED) is 0.0917. The van der Waals surface area contributed by atoms with Crippen molar-refractivity contribution < 1.29 is 28.8 Å². The molecule has 0 bridgehead atoms. The van der Waals surface area contributed by atoms with E-state index in [1.54, 1.807) is 0 Å². The normalized spacial score (nSPS) is 38.6. The highest BCUT2D eigenvalue weighted by Crippen LogP contribution is 2.45. The number of hydrogen-bond acceptors (Lipinski definition) is 14. The maximum Gasteiger partial charge on any atom is 0.237 e. The van der Waals surface area contributed by atoms with Crippen molar-refractivity contribution in [1.29, 1.82) is 0 Å². The van der Waals surface area contributed by atoms with Crippen LogP contribution in [0.3, 0.4) is 0 Å². The number of likely N-dealkylation sites (tertiary alicyclic amines) is 3. The van der Waals surface area contributed by atoms with Crippen LogP contribution in [-0.2, 0) is 28.8 Å². The zero-order chi connectivity index (χ0) is 39.8. The monoisotopic (exact) mass is 796 g/mol. The van der Waals surface area contributed by atoms with Crippen molar-refractivity contribution in [2.75, 3.05) is 72.5 Å². The number of ketones is 2. The van der Waals surface area contributed by atoms with E-state index in [-0.39, 0.29) is 90.3 Å². The molecule has 17 nitrogen and oxygen atoms in total. The second-order valence-electron chi connectivity index (χ2n) is 18.5. The number of fused-ring (bicyclic) bond motifs is 1. The Labute approximate surface area is 336 Å². The molecule has 8 rings (SSSR count). The summed E-state index contributed by atoms with van der Waals surface area (Å²) in [6.45, 7) is 8.84.